The molecule has 0 aromatic heterocycles. The summed E-state index contributed by atoms with van der Waals surface area (Å²) in [4.78, 5) is 38.6. The third-order valence-corrected chi connectivity index (χ3v) is 4.17. The first-order valence-electron chi connectivity index (χ1n) is 8.78. The lowest BCUT2D eigenvalue weighted by Crippen LogP contribution is -2.53. The van der Waals surface area contributed by atoms with Crippen LogP contribution in [-0.2, 0) is 14.3 Å². The van der Waals surface area contributed by atoms with E-state index in [1.165, 1.54) is 4.90 Å². The van der Waals surface area contributed by atoms with E-state index in [-0.39, 0.29) is 11.7 Å². The number of benzene rings is 1. The third-order valence-electron chi connectivity index (χ3n) is 4.17. The van der Waals surface area contributed by atoms with Crippen molar-refractivity contribution in [3.63, 3.8) is 0 Å². The second-order valence-electron chi connectivity index (χ2n) is 6.02. The Bertz CT molecular complexity index is 670. The zero-order valence-electron chi connectivity index (χ0n) is 15.2. The first-order valence-corrected chi connectivity index (χ1v) is 8.78. The van der Waals surface area contributed by atoms with Crippen LogP contribution in [0.25, 0.3) is 0 Å². The zero-order chi connectivity index (χ0) is 18.6. The summed E-state index contributed by atoms with van der Waals surface area (Å²) in [5.41, 5.74) is 0.941. The third kappa shape index (κ3) is 3.83. The number of rotatable bonds is 7. The van der Waals surface area contributed by atoms with Gasteiger partial charge in [-0.05, 0) is 38.0 Å². The molecule has 6 nitrogen and oxygen atoms in total. The lowest BCUT2D eigenvalue weighted by molar-refractivity contribution is -0.147. The molecule has 6 heteroatoms. The number of anilines is 1. The molecule has 1 amide bonds. The Balaban J connectivity index is 2.47. The van der Waals surface area contributed by atoms with Crippen LogP contribution in [0.2, 0.25) is 0 Å². The average Bonchev–Trinajstić information content (AvgIpc) is 2.62. The van der Waals surface area contributed by atoms with Crippen molar-refractivity contribution in [2.24, 2.45) is 0 Å². The minimum absolute atomic E-state index is 0.0320. The van der Waals surface area contributed by atoms with Gasteiger partial charge in [-0.2, -0.15) is 0 Å². The van der Waals surface area contributed by atoms with E-state index < -0.39 is 18.1 Å². The van der Waals surface area contributed by atoms with Gasteiger partial charge in [0.25, 0.3) is 5.91 Å². The van der Waals surface area contributed by atoms with Crippen molar-refractivity contribution in [1.29, 1.82) is 0 Å². The van der Waals surface area contributed by atoms with Crippen molar-refractivity contribution in [2.45, 2.75) is 59.1 Å². The SMILES string of the molecule is CCCOC(=O)C(CC)N1C(=O)C(C)Oc2ccc(C(=O)CC)cc21. The summed E-state index contributed by atoms with van der Waals surface area (Å²) < 4.78 is 10.9. The topological polar surface area (TPSA) is 72.9 Å². The Hall–Kier alpha value is -2.37. The number of carbonyl (C=O) groups is 3. The van der Waals surface area contributed by atoms with Crippen LogP contribution in [0.5, 0.6) is 5.75 Å². The molecule has 136 valence electrons. The molecule has 1 aromatic carbocycles. The van der Waals surface area contributed by atoms with Gasteiger partial charge in [-0.1, -0.05) is 20.8 Å². The average molecular weight is 347 g/mol. The monoisotopic (exact) mass is 347 g/mol. The van der Waals surface area contributed by atoms with Crippen molar-refractivity contribution in [1.82, 2.24) is 0 Å². The molecule has 2 unspecified atom stereocenters. The number of ether oxygens (including phenoxy) is 2. The number of ketones is 1. The molecular formula is C19H25NO5. The van der Waals surface area contributed by atoms with Crippen LogP contribution < -0.4 is 9.64 Å². The highest BCUT2D eigenvalue weighted by molar-refractivity contribution is 6.06. The van der Waals surface area contributed by atoms with Crippen LogP contribution in [0.4, 0.5) is 5.69 Å². The van der Waals surface area contributed by atoms with Gasteiger partial charge in [-0.25, -0.2) is 4.79 Å². The maximum atomic E-state index is 12.7. The van der Waals surface area contributed by atoms with E-state index >= 15 is 0 Å². The molecule has 1 aromatic rings. The predicted molar refractivity (Wildman–Crippen MR) is 94.0 cm³/mol. The molecule has 0 fully saturated rings. The van der Waals surface area contributed by atoms with Gasteiger partial charge in [-0.3, -0.25) is 14.5 Å². The molecular weight excluding hydrogens is 322 g/mol. The number of fused-ring (bicyclic) bond motifs is 1. The Morgan fingerprint density at radius 2 is 2.00 bits per heavy atom. The van der Waals surface area contributed by atoms with Gasteiger partial charge in [-0.15, -0.1) is 0 Å². The maximum Gasteiger partial charge on any atom is 0.329 e. The minimum atomic E-state index is -0.740. The van der Waals surface area contributed by atoms with E-state index in [0.717, 1.165) is 0 Å². The predicted octanol–water partition coefficient (Wildman–Crippen LogP) is 3.13. The van der Waals surface area contributed by atoms with Crippen molar-refractivity contribution < 1.29 is 23.9 Å². The van der Waals surface area contributed by atoms with E-state index in [0.29, 0.717) is 42.9 Å². The molecule has 0 saturated carbocycles. The second-order valence-corrected chi connectivity index (χ2v) is 6.02. The van der Waals surface area contributed by atoms with Crippen LogP contribution >= 0.6 is 0 Å². The quantitative estimate of drug-likeness (QED) is 0.560. The molecule has 1 aliphatic heterocycles. The molecule has 1 heterocycles. The van der Waals surface area contributed by atoms with E-state index in [2.05, 4.69) is 0 Å². The highest BCUT2D eigenvalue weighted by Gasteiger charge is 2.39. The molecule has 0 saturated heterocycles. The first-order chi connectivity index (χ1) is 11.9. The largest absolute Gasteiger partial charge is 0.479 e. The number of esters is 1. The fraction of sp³-hybridized carbons (Fsp3) is 0.526. The number of Topliss-reactive ketones (excluding diaryl/α,β-unsaturated/α-hetero) is 1. The summed E-state index contributed by atoms with van der Waals surface area (Å²) in [5, 5.41) is 0. The smallest absolute Gasteiger partial charge is 0.329 e. The highest BCUT2D eigenvalue weighted by Crippen LogP contribution is 2.37. The summed E-state index contributed by atoms with van der Waals surface area (Å²) in [5.74, 6) is -0.296. The van der Waals surface area contributed by atoms with E-state index in [9.17, 15) is 14.4 Å². The van der Waals surface area contributed by atoms with Gasteiger partial charge in [0, 0.05) is 12.0 Å². The fourth-order valence-electron chi connectivity index (χ4n) is 2.81. The Kier molecular flexibility index (Phi) is 6.17. The molecule has 2 rings (SSSR count). The number of hydrogen-bond acceptors (Lipinski definition) is 5. The summed E-state index contributed by atoms with van der Waals surface area (Å²) in [7, 11) is 0. The normalized spacial score (nSPS) is 17.5. The van der Waals surface area contributed by atoms with Gasteiger partial charge in [0.15, 0.2) is 11.9 Å². The van der Waals surface area contributed by atoms with Gasteiger partial charge in [0.05, 0.1) is 12.3 Å². The molecule has 0 aliphatic carbocycles. The molecule has 0 N–H and O–H groups in total. The Labute approximate surface area is 148 Å². The Morgan fingerprint density at radius 3 is 2.60 bits per heavy atom. The molecule has 2 atom stereocenters. The van der Waals surface area contributed by atoms with Crippen LogP contribution in [0, 0.1) is 0 Å². The number of hydrogen-bond donors (Lipinski definition) is 0. The highest BCUT2D eigenvalue weighted by atomic mass is 16.5. The van der Waals surface area contributed by atoms with Gasteiger partial charge in [0.1, 0.15) is 11.8 Å². The van der Waals surface area contributed by atoms with Crippen molar-refractivity contribution in [3.05, 3.63) is 23.8 Å². The van der Waals surface area contributed by atoms with E-state index in [4.69, 9.17) is 9.47 Å². The van der Waals surface area contributed by atoms with E-state index in [1.54, 1.807) is 32.0 Å². The maximum absolute atomic E-state index is 12.7. The summed E-state index contributed by atoms with van der Waals surface area (Å²) in [6.45, 7) is 7.47. The van der Waals surface area contributed by atoms with Gasteiger partial charge < -0.3 is 9.47 Å². The minimum Gasteiger partial charge on any atom is -0.479 e. The number of nitrogens with zero attached hydrogens (tertiary/aromatic N) is 1. The lowest BCUT2D eigenvalue weighted by atomic mass is 10.0. The fourth-order valence-corrected chi connectivity index (χ4v) is 2.81. The summed E-state index contributed by atoms with van der Waals surface area (Å²) in [6.07, 6.45) is 0.779. The standard InChI is InChI=1S/C19H25NO5/c1-5-10-24-19(23)14(6-2)20-15-11-13(16(21)7-3)8-9-17(15)25-12(4)18(20)22/h8-9,11-12,14H,5-7,10H2,1-4H3. The number of carbonyl (C=O) groups excluding carboxylic acids is 3. The van der Waals surface area contributed by atoms with Gasteiger partial charge in [0.2, 0.25) is 0 Å². The van der Waals surface area contributed by atoms with Crippen molar-refractivity contribution in [3.8, 4) is 5.75 Å². The molecule has 0 bridgehead atoms. The lowest BCUT2D eigenvalue weighted by Gasteiger charge is -2.37. The van der Waals surface area contributed by atoms with Gasteiger partial charge >= 0.3 is 5.97 Å². The first kappa shape index (κ1) is 19.0. The molecule has 1 aliphatic rings. The molecule has 0 radical (unpaired) electrons. The van der Waals surface area contributed by atoms with Crippen molar-refractivity contribution >= 4 is 23.3 Å². The Morgan fingerprint density at radius 1 is 1.28 bits per heavy atom. The molecule has 25 heavy (non-hydrogen) atoms. The van der Waals surface area contributed by atoms with E-state index in [1.807, 2.05) is 13.8 Å². The van der Waals surface area contributed by atoms with Crippen LogP contribution in [0.3, 0.4) is 0 Å². The van der Waals surface area contributed by atoms with Crippen LogP contribution in [0.15, 0.2) is 18.2 Å². The zero-order valence-corrected chi connectivity index (χ0v) is 15.2. The molecule has 0 spiro atoms. The number of amides is 1. The van der Waals surface area contributed by atoms with Crippen LogP contribution in [-0.4, -0.2) is 36.4 Å². The van der Waals surface area contributed by atoms with Crippen molar-refractivity contribution in [2.75, 3.05) is 11.5 Å². The summed E-state index contributed by atoms with van der Waals surface area (Å²) >= 11 is 0. The van der Waals surface area contributed by atoms with Crippen LogP contribution in [0.1, 0.15) is 57.3 Å². The summed E-state index contributed by atoms with van der Waals surface area (Å²) in [6, 6.07) is 4.25. The second kappa shape index (κ2) is 8.14.